The molecule has 0 aliphatic carbocycles. The van der Waals surface area contributed by atoms with Crippen LogP contribution in [-0.4, -0.2) is 18.3 Å². The fourth-order valence-corrected chi connectivity index (χ4v) is 1.86. The Morgan fingerprint density at radius 1 is 1.32 bits per heavy atom. The van der Waals surface area contributed by atoms with Gasteiger partial charge in [-0.15, -0.1) is 0 Å². The zero-order valence-corrected chi connectivity index (χ0v) is 9.85. The van der Waals surface area contributed by atoms with Gasteiger partial charge in [0.15, 0.2) is 0 Å². The molecule has 1 aliphatic rings. The Bertz CT molecular complexity index is 491. The van der Waals surface area contributed by atoms with Crippen molar-refractivity contribution < 1.29 is 22.4 Å². The van der Waals surface area contributed by atoms with E-state index in [1.54, 1.807) is 12.1 Å². The van der Waals surface area contributed by atoms with Crippen LogP contribution in [0.3, 0.4) is 0 Å². The van der Waals surface area contributed by atoms with E-state index in [-0.39, 0.29) is 6.54 Å². The van der Waals surface area contributed by atoms with Crippen molar-refractivity contribution in [1.82, 2.24) is 10.6 Å². The van der Waals surface area contributed by atoms with Crippen molar-refractivity contribution in [3.05, 3.63) is 34.9 Å². The van der Waals surface area contributed by atoms with Gasteiger partial charge in [0.25, 0.3) is 5.91 Å². The van der Waals surface area contributed by atoms with Gasteiger partial charge in [-0.1, -0.05) is 18.2 Å². The highest BCUT2D eigenvalue weighted by Gasteiger charge is 2.48. The van der Waals surface area contributed by atoms with Gasteiger partial charge in [0.1, 0.15) is 0 Å². The van der Waals surface area contributed by atoms with E-state index in [2.05, 4.69) is 5.32 Å². The van der Waals surface area contributed by atoms with Gasteiger partial charge in [0.05, 0.1) is 0 Å². The number of hydrogen-bond donors (Lipinski definition) is 2. The maximum Gasteiger partial charge on any atom is 0.383 e. The Kier molecular flexibility index (Phi) is 3.75. The molecule has 0 aromatic heterocycles. The van der Waals surface area contributed by atoms with Crippen LogP contribution >= 0.6 is 0 Å². The lowest BCUT2D eigenvalue weighted by Gasteiger charge is -2.15. The van der Waals surface area contributed by atoms with E-state index in [9.17, 15) is 22.4 Å². The van der Waals surface area contributed by atoms with Crippen LogP contribution in [0.4, 0.5) is 17.6 Å². The highest BCUT2D eigenvalue weighted by atomic mass is 19.3. The largest absolute Gasteiger partial charge is 0.383 e. The lowest BCUT2D eigenvalue weighted by atomic mass is 10.1. The van der Waals surface area contributed by atoms with Crippen molar-refractivity contribution in [2.75, 3.05) is 0 Å². The Balaban J connectivity index is 1.98. The van der Waals surface area contributed by atoms with Crippen LogP contribution in [0.15, 0.2) is 18.2 Å². The molecule has 0 bridgehead atoms. The molecule has 19 heavy (non-hydrogen) atoms. The van der Waals surface area contributed by atoms with E-state index >= 15 is 0 Å². The molecule has 0 saturated heterocycles. The van der Waals surface area contributed by atoms with Crippen molar-refractivity contribution in [2.24, 2.45) is 0 Å². The molecule has 3 nitrogen and oxygen atoms in total. The zero-order valence-electron chi connectivity index (χ0n) is 9.85. The Morgan fingerprint density at radius 3 is 2.68 bits per heavy atom. The Hall–Kier alpha value is -1.63. The van der Waals surface area contributed by atoms with Crippen molar-refractivity contribution in [3.8, 4) is 0 Å². The van der Waals surface area contributed by atoms with Crippen LogP contribution in [0.25, 0.3) is 0 Å². The molecule has 1 aromatic rings. The van der Waals surface area contributed by atoms with Crippen LogP contribution in [0.1, 0.15) is 16.7 Å². The average molecular weight is 276 g/mol. The maximum atomic E-state index is 12.7. The molecule has 1 aliphatic heterocycles. The third-order valence-electron chi connectivity index (χ3n) is 2.93. The number of halogens is 4. The van der Waals surface area contributed by atoms with Crippen molar-refractivity contribution >= 4 is 5.91 Å². The SMILES string of the molecule is O=C(NCc1ccc2c(c1)CNC2)C(F)(F)C(F)F. The van der Waals surface area contributed by atoms with Gasteiger partial charge in [0, 0.05) is 19.6 Å². The lowest BCUT2D eigenvalue weighted by molar-refractivity contribution is -0.169. The van der Waals surface area contributed by atoms with Crippen molar-refractivity contribution in [2.45, 2.75) is 32.0 Å². The van der Waals surface area contributed by atoms with Crippen LogP contribution in [0, 0.1) is 0 Å². The summed E-state index contributed by atoms with van der Waals surface area (Å²) in [6, 6.07) is 5.25. The zero-order chi connectivity index (χ0) is 14.0. The Labute approximate surface area is 107 Å². The number of nitrogens with one attached hydrogen (secondary N) is 2. The second-order valence-corrected chi connectivity index (χ2v) is 4.31. The van der Waals surface area contributed by atoms with Gasteiger partial charge in [-0.2, -0.15) is 8.78 Å². The summed E-state index contributed by atoms with van der Waals surface area (Å²) in [5, 5.41) is 4.93. The topological polar surface area (TPSA) is 41.1 Å². The van der Waals surface area contributed by atoms with Gasteiger partial charge in [0.2, 0.25) is 0 Å². The molecule has 2 rings (SSSR count). The fourth-order valence-electron chi connectivity index (χ4n) is 1.86. The van der Waals surface area contributed by atoms with Crippen LogP contribution in [0.5, 0.6) is 0 Å². The molecule has 0 saturated carbocycles. The number of carbonyl (C=O) groups is 1. The van der Waals surface area contributed by atoms with E-state index in [1.165, 1.54) is 0 Å². The summed E-state index contributed by atoms with van der Waals surface area (Å²) in [6.45, 7) is 1.21. The highest BCUT2D eigenvalue weighted by molar-refractivity contribution is 5.83. The van der Waals surface area contributed by atoms with E-state index < -0.39 is 18.3 Å². The van der Waals surface area contributed by atoms with Gasteiger partial charge in [-0.05, 0) is 16.7 Å². The summed E-state index contributed by atoms with van der Waals surface area (Å²) in [7, 11) is 0. The van der Waals surface area contributed by atoms with E-state index in [0.717, 1.165) is 17.7 Å². The van der Waals surface area contributed by atoms with E-state index in [4.69, 9.17) is 0 Å². The summed E-state index contributed by atoms with van der Waals surface area (Å²) < 4.78 is 49.3. The molecule has 2 N–H and O–H groups in total. The van der Waals surface area contributed by atoms with E-state index in [0.29, 0.717) is 12.1 Å². The number of alkyl halides is 4. The lowest BCUT2D eigenvalue weighted by Crippen LogP contribution is -2.44. The molecular formula is C12H12F4N2O. The molecule has 0 spiro atoms. The predicted octanol–water partition coefficient (Wildman–Crippen LogP) is 1.81. The minimum Gasteiger partial charge on any atom is -0.347 e. The third-order valence-corrected chi connectivity index (χ3v) is 2.93. The summed E-state index contributed by atoms with van der Waals surface area (Å²) in [5.41, 5.74) is 2.72. The second kappa shape index (κ2) is 5.16. The first-order valence-corrected chi connectivity index (χ1v) is 5.67. The van der Waals surface area contributed by atoms with Crippen molar-refractivity contribution in [3.63, 3.8) is 0 Å². The number of carbonyl (C=O) groups excluding carboxylic acids is 1. The minimum atomic E-state index is -4.65. The van der Waals surface area contributed by atoms with Crippen LogP contribution < -0.4 is 10.6 Å². The van der Waals surface area contributed by atoms with Gasteiger partial charge in [-0.3, -0.25) is 4.79 Å². The molecule has 1 amide bonds. The summed E-state index contributed by atoms with van der Waals surface area (Å²) in [6.07, 6.45) is -4.00. The summed E-state index contributed by atoms with van der Waals surface area (Å²) >= 11 is 0. The molecule has 7 heteroatoms. The predicted molar refractivity (Wildman–Crippen MR) is 59.8 cm³/mol. The number of benzene rings is 1. The standard InChI is InChI=1S/C12H12F4N2O/c13-10(14)12(15,16)11(19)18-4-7-1-2-8-5-17-6-9(8)3-7/h1-3,10,17H,4-6H2,(H,18,19). The first kappa shape index (κ1) is 13.8. The number of hydrogen-bond acceptors (Lipinski definition) is 2. The molecule has 104 valence electrons. The molecular weight excluding hydrogens is 264 g/mol. The average Bonchev–Trinajstić information content (AvgIpc) is 2.82. The smallest absolute Gasteiger partial charge is 0.347 e. The summed E-state index contributed by atoms with van der Waals surface area (Å²) in [4.78, 5) is 11.0. The van der Waals surface area contributed by atoms with Gasteiger partial charge < -0.3 is 10.6 Å². The number of amides is 1. The molecule has 1 aromatic carbocycles. The third kappa shape index (κ3) is 2.86. The van der Waals surface area contributed by atoms with Crippen LogP contribution in [0.2, 0.25) is 0 Å². The van der Waals surface area contributed by atoms with Crippen LogP contribution in [-0.2, 0) is 24.4 Å². The van der Waals surface area contributed by atoms with Gasteiger partial charge >= 0.3 is 12.3 Å². The number of fused-ring (bicyclic) bond motifs is 1. The molecule has 0 atom stereocenters. The Morgan fingerprint density at radius 2 is 2.00 bits per heavy atom. The quantitative estimate of drug-likeness (QED) is 0.823. The maximum absolute atomic E-state index is 12.7. The second-order valence-electron chi connectivity index (χ2n) is 4.31. The minimum absolute atomic E-state index is 0.200. The first-order chi connectivity index (χ1) is 8.91. The fraction of sp³-hybridized carbons (Fsp3) is 0.417. The normalized spacial score (nSPS) is 14.6. The van der Waals surface area contributed by atoms with Crippen molar-refractivity contribution in [1.29, 1.82) is 0 Å². The van der Waals surface area contributed by atoms with E-state index in [1.807, 2.05) is 11.4 Å². The van der Waals surface area contributed by atoms with Gasteiger partial charge in [-0.25, -0.2) is 8.78 Å². The summed E-state index contributed by atoms with van der Waals surface area (Å²) in [5.74, 6) is -6.61. The number of rotatable bonds is 4. The first-order valence-electron chi connectivity index (χ1n) is 5.67. The molecule has 0 unspecified atom stereocenters. The highest BCUT2D eigenvalue weighted by Crippen LogP contribution is 2.23. The molecule has 0 radical (unpaired) electrons. The molecule has 0 fully saturated rings. The molecule has 1 heterocycles. The monoisotopic (exact) mass is 276 g/mol.